The van der Waals surface area contributed by atoms with Crippen molar-refractivity contribution >= 4 is 10.8 Å². The highest BCUT2D eigenvalue weighted by molar-refractivity contribution is 5.85. The number of halogens is 5. The summed E-state index contributed by atoms with van der Waals surface area (Å²) in [5.74, 6) is -4.80. The third kappa shape index (κ3) is 4.67. The Labute approximate surface area is 185 Å². The molecule has 0 saturated heterocycles. The van der Waals surface area contributed by atoms with Crippen molar-refractivity contribution in [1.29, 1.82) is 0 Å². The highest BCUT2D eigenvalue weighted by Gasteiger charge is 2.23. The van der Waals surface area contributed by atoms with Gasteiger partial charge in [0, 0.05) is 5.39 Å². The van der Waals surface area contributed by atoms with Crippen molar-refractivity contribution in [2.45, 2.75) is 64.2 Å². The third-order valence-corrected chi connectivity index (χ3v) is 6.86. The molecule has 1 saturated carbocycles. The minimum absolute atomic E-state index is 0.0480. The first-order valence-electron chi connectivity index (χ1n) is 11.4. The lowest BCUT2D eigenvalue weighted by Gasteiger charge is -2.28. The first-order chi connectivity index (χ1) is 15.4. The van der Waals surface area contributed by atoms with Crippen molar-refractivity contribution in [3.63, 3.8) is 0 Å². The second kappa shape index (κ2) is 9.60. The van der Waals surface area contributed by atoms with Gasteiger partial charge in [-0.15, -0.1) is 0 Å². The van der Waals surface area contributed by atoms with Gasteiger partial charge in [-0.1, -0.05) is 31.9 Å². The largest absolute Gasteiger partial charge is 0.204 e. The van der Waals surface area contributed by atoms with Gasteiger partial charge >= 0.3 is 0 Å². The van der Waals surface area contributed by atoms with Crippen LogP contribution in [-0.4, -0.2) is 0 Å². The van der Waals surface area contributed by atoms with Crippen LogP contribution in [0, 0.1) is 35.0 Å². The van der Waals surface area contributed by atoms with Crippen LogP contribution in [0.4, 0.5) is 22.0 Å². The summed E-state index contributed by atoms with van der Waals surface area (Å²) < 4.78 is 69.7. The maximum atomic E-state index is 14.9. The number of benzene rings is 3. The van der Waals surface area contributed by atoms with E-state index in [-0.39, 0.29) is 29.4 Å². The van der Waals surface area contributed by atoms with Crippen molar-refractivity contribution < 1.29 is 22.0 Å². The Kier molecular flexibility index (Phi) is 6.82. The molecule has 3 aromatic carbocycles. The van der Waals surface area contributed by atoms with E-state index in [2.05, 4.69) is 6.92 Å². The Morgan fingerprint density at radius 3 is 2.09 bits per heavy atom. The maximum Gasteiger partial charge on any atom is 0.194 e. The Hall–Kier alpha value is -2.43. The number of rotatable bonds is 6. The Morgan fingerprint density at radius 1 is 0.750 bits per heavy atom. The lowest BCUT2D eigenvalue weighted by molar-refractivity contribution is 0.308. The topological polar surface area (TPSA) is 0 Å². The first-order valence-corrected chi connectivity index (χ1v) is 11.4. The SMILES string of the molecule is CCCC1CCC(c2ccc3cc(CCc4cc(F)c(F)c(F)c4)c(F)c(F)c3c2)CC1. The molecule has 1 aliphatic rings. The van der Waals surface area contributed by atoms with Gasteiger partial charge in [-0.05, 0) is 96.7 Å². The van der Waals surface area contributed by atoms with E-state index in [0.717, 1.165) is 36.5 Å². The van der Waals surface area contributed by atoms with E-state index in [1.807, 2.05) is 12.1 Å². The van der Waals surface area contributed by atoms with E-state index in [0.29, 0.717) is 11.3 Å². The van der Waals surface area contributed by atoms with E-state index in [9.17, 15) is 22.0 Å². The molecule has 0 aromatic heterocycles. The van der Waals surface area contributed by atoms with Crippen molar-refractivity contribution in [2.75, 3.05) is 0 Å². The van der Waals surface area contributed by atoms with E-state index in [1.165, 1.54) is 25.7 Å². The minimum Gasteiger partial charge on any atom is -0.204 e. The van der Waals surface area contributed by atoms with Crippen molar-refractivity contribution in [1.82, 2.24) is 0 Å². The normalized spacial score (nSPS) is 18.9. The molecular formula is C27H27F5. The molecule has 5 heteroatoms. The van der Waals surface area contributed by atoms with E-state index in [4.69, 9.17) is 0 Å². The summed E-state index contributed by atoms with van der Waals surface area (Å²) in [6.07, 6.45) is 7.06. The number of hydrogen-bond acceptors (Lipinski definition) is 0. The van der Waals surface area contributed by atoms with Gasteiger partial charge in [0.15, 0.2) is 29.1 Å². The van der Waals surface area contributed by atoms with Crippen LogP contribution in [0.2, 0.25) is 0 Å². The maximum absolute atomic E-state index is 14.9. The van der Waals surface area contributed by atoms with Gasteiger partial charge in [-0.2, -0.15) is 0 Å². The van der Waals surface area contributed by atoms with Gasteiger partial charge < -0.3 is 0 Å². The van der Waals surface area contributed by atoms with Gasteiger partial charge in [-0.3, -0.25) is 0 Å². The molecule has 0 aliphatic heterocycles. The standard InChI is InChI=1S/C27H27F5/c1-2-3-16-4-7-18(8-5-16)19-10-11-20-14-21(25(30)26(31)22(20)15-19)9-6-17-12-23(28)27(32)24(29)13-17/h10-16,18H,2-9H2,1H3. The Bertz CT molecular complexity index is 1090. The van der Waals surface area contributed by atoms with Gasteiger partial charge in [0.2, 0.25) is 0 Å². The van der Waals surface area contributed by atoms with E-state index >= 15 is 0 Å². The summed E-state index contributed by atoms with van der Waals surface area (Å²) in [6.45, 7) is 2.21. The molecule has 0 nitrogen and oxygen atoms in total. The van der Waals surface area contributed by atoms with Crippen LogP contribution >= 0.6 is 0 Å². The minimum atomic E-state index is -1.54. The molecule has 3 aromatic rings. The predicted molar refractivity (Wildman–Crippen MR) is 117 cm³/mol. The van der Waals surface area contributed by atoms with Gasteiger partial charge in [0.05, 0.1) is 0 Å². The molecule has 0 unspecified atom stereocenters. The predicted octanol–water partition coefficient (Wildman–Crippen LogP) is 8.39. The molecule has 1 aliphatic carbocycles. The summed E-state index contributed by atoms with van der Waals surface area (Å²) in [4.78, 5) is 0. The van der Waals surface area contributed by atoms with Crippen LogP contribution in [0.3, 0.4) is 0 Å². The summed E-state index contributed by atoms with van der Waals surface area (Å²) in [7, 11) is 0. The van der Waals surface area contributed by atoms with Gasteiger partial charge in [0.25, 0.3) is 0 Å². The zero-order valence-electron chi connectivity index (χ0n) is 18.2. The molecule has 1 fully saturated rings. The first kappa shape index (κ1) is 22.8. The molecule has 0 atom stereocenters. The number of fused-ring (bicyclic) bond motifs is 1. The zero-order valence-corrected chi connectivity index (χ0v) is 18.2. The van der Waals surface area contributed by atoms with Crippen molar-refractivity contribution in [3.8, 4) is 0 Å². The Balaban J connectivity index is 1.54. The average molecular weight is 447 g/mol. The summed E-state index contributed by atoms with van der Waals surface area (Å²) in [6, 6.07) is 8.95. The highest BCUT2D eigenvalue weighted by atomic mass is 19.2. The van der Waals surface area contributed by atoms with Gasteiger partial charge in [-0.25, -0.2) is 22.0 Å². The van der Waals surface area contributed by atoms with Gasteiger partial charge in [0.1, 0.15) is 0 Å². The lowest BCUT2D eigenvalue weighted by Crippen LogP contribution is -2.13. The molecule has 0 amide bonds. The fourth-order valence-corrected chi connectivity index (χ4v) is 5.06. The monoisotopic (exact) mass is 446 g/mol. The van der Waals surface area contributed by atoms with Crippen LogP contribution < -0.4 is 0 Å². The van der Waals surface area contributed by atoms with Crippen LogP contribution in [0.15, 0.2) is 36.4 Å². The number of aryl methyl sites for hydroxylation is 2. The second-order valence-corrected chi connectivity index (χ2v) is 9.02. The molecule has 0 spiro atoms. The van der Waals surface area contributed by atoms with Crippen molar-refractivity contribution in [3.05, 3.63) is 82.2 Å². The molecule has 32 heavy (non-hydrogen) atoms. The molecule has 4 rings (SSSR count). The molecule has 170 valence electrons. The van der Waals surface area contributed by atoms with Crippen LogP contribution in [0.5, 0.6) is 0 Å². The lowest BCUT2D eigenvalue weighted by atomic mass is 9.77. The van der Waals surface area contributed by atoms with Crippen LogP contribution in [-0.2, 0) is 12.8 Å². The molecule has 0 N–H and O–H groups in total. The second-order valence-electron chi connectivity index (χ2n) is 9.02. The molecular weight excluding hydrogens is 419 g/mol. The quantitative estimate of drug-likeness (QED) is 0.263. The van der Waals surface area contributed by atoms with Crippen LogP contribution in [0.25, 0.3) is 10.8 Å². The fraction of sp³-hybridized carbons (Fsp3) is 0.407. The van der Waals surface area contributed by atoms with Crippen LogP contribution in [0.1, 0.15) is 68.1 Å². The fourth-order valence-electron chi connectivity index (χ4n) is 5.06. The molecule has 0 bridgehead atoms. The molecule has 0 radical (unpaired) electrons. The third-order valence-electron chi connectivity index (χ3n) is 6.86. The average Bonchev–Trinajstić information content (AvgIpc) is 2.79. The summed E-state index contributed by atoms with van der Waals surface area (Å²) >= 11 is 0. The number of hydrogen-bond donors (Lipinski definition) is 0. The van der Waals surface area contributed by atoms with E-state index in [1.54, 1.807) is 12.1 Å². The summed E-state index contributed by atoms with van der Waals surface area (Å²) in [5, 5.41) is 0.858. The highest BCUT2D eigenvalue weighted by Crippen LogP contribution is 2.39. The smallest absolute Gasteiger partial charge is 0.194 e. The molecule has 0 heterocycles. The van der Waals surface area contributed by atoms with Crippen molar-refractivity contribution in [2.24, 2.45) is 5.92 Å². The summed E-state index contributed by atoms with van der Waals surface area (Å²) in [5.41, 5.74) is 1.37. The Morgan fingerprint density at radius 2 is 1.44 bits per heavy atom. The zero-order chi connectivity index (χ0) is 22.8. The van der Waals surface area contributed by atoms with E-state index < -0.39 is 29.1 Å².